The molecule has 0 spiro atoms. The molecule has 0 amide bonds. The number of aryl methyl sites for hydroxylation is 1. The van der Waals surface area contributed by atoms with Crippen molar-refractivity contribution in [2.45, 2.75) is 6.92 Å². The second kappa shape index (κ2) is 6.82. The molecule has 0 heterocycles. The quantitative estimate of drug-likeness (QED) is 0.452. The molecule has 0 aliphatic heterocycles. The van der Waals surface area contributed by atoms with E-state index in [0.29, 0.717) is 12.2 Å². The summed E-state index contributed by atoms with van der Waals surface area (Å²) in [5, 5.41) is 13.5. The molecular formula is C15H10N2O2-2. The van der Waals surface area contributed by atoms with E-state index in [4.69, 9.17) is 20.4 Å². The molecule has 0 unspecified atom stereocenters. The van der Waals surface area contributed by atoms with Crippen LogP contribution in [0.3, 0.4) is 0 Å². The first-order chi connectivity index (χ1) is 9.21. The molecule has 0 aromatic heterocycles. The summed E-state index contributed by atoms with van der Waals surface area (Å²) in [5.41, 5.74) is 7.06. The lowest BCUT2D eigenvalue weighted by atomic mass is 9.78. The Kier molecular flexibility index (Phi) is 5.12. The van der Waals surface area contributed by atoms with Crippen molar-refractivity contribution in [3.8, 4) is 22.3 Å². The third-order valence-electron chi connectivity index (χ3n) is 2.76. The van der Waals surface area contributed by atoms with Gasteiger partial charge in [0.15, 0.2) is 0 Å². The van der Waals surface area contributed by atoms with Gasteiger partial charge < -0.3 is 10.8 Å². The Morgan fingerprint density at radius 2 is 1.26 bits per heavy atom. The van der Waals surface area contributed by atoms with Crippen molar-refractivity contribution >= 4 is 12.2 Å². The highest BCUT2D eigenvalue weighted by Crippen LogP contribution is 2.48. The van der Waals surface area contributed by atoms with Gasteiger partial charge in [-0.2, -0.15) is 0 Å². The van der Waals surface area contributed by atoms with Gasteiger partial charge in [0.2, 0.25) is 0 Å². The second-order valence-electron chi connectivity index (χ2n) is 3.73. The number of benzene rings is 2. The molecule has 3 rings (SSSR count). The normalized spacial score (nSPS) is 8.68. The molecule has 4 nitrogen and oxygen atoms in total. The van der Waals surface area contributed by atoms with Gasteiger partial charge in [-0.25, -0.2) is 0 Å². The summed E-state index contributed by atoms with van der Waals surface area (Å²) in [5.74, 6) is 0. The maximum Gasteiger partial charge on any atom is -0.00697 e. The average molecular weight is 250 g/mol. The summed E-state index contributed by atoms with van der Waals surface area (Å²) in [7, 11) is 0. The van der Waals surface area contributed by atoms with Gasteiger partial charge in [0.1, 0.15) is 0 Å². The van der Waals surface area contributed by atoms with E-state index in [0.717, 1.165) is 0 Å². The van der Waals surface area contributed by atoms with Crippen molar-refractivity contribution in [2.24, 2.45) is 0 Å². The van der Waals surface area contributed by atoms with Crippen LogP contribution < -0.4 is 0 Å². The Hall–Kier alpha value is -2.80. The first-order valence-corrected chi connectivity index (χ1v) is 5.43. The molecule has 0 fully saturated rings. The van der Waals surface area contributed by atoms with Crippen LogP contribution in [0, 0.1) is 6.92 Å². The largest absolute Gasteiger partial charge is 0.724 e. The van der Waals surface area contributed by atoms with Crippen LogP contribution in [-0.2, 0) is 9.59 Å². The van der Waals surface area contributed by atoms with Crippen LogP contribution in [-0.4, -0.2) is 12.2 Å². The molecule has 0 saturated heterocycles. The number of carbonyl (C=O) groups excluding carboxylic acids is 2. The highest BCUT2D eigenvalue weighted by Gasteiger charge is 2.22. The van der Waals surface area contributed by atoms with Gasteiger partial charge >= 0.3 is 0 Å². The molecule has 0 radical (unpaired) electrons. The zero-order valence-electron chi connectivity index (χ0n) is 10.3. The highest BCUT2D eigenvalue weighted by molar-refractivity contribution is 6.03. The third kappa shape index (κ3) is 2.90. The standard InChI is InChI=1S/C13H10.2CNO/c1-9-5-4-8-12-10-6-2-3-7-11(10)13(9)12;2*2-1-3/h2-8H,1H3;;/q;2*-1. The Morgan fingerprint density at radius 3 is 1.84 bits per heavy atom. The van der Waals surface area contributed by atoms with E-state index in [2.05, 4.69) is 49.4 Å². The Morgan fingerprint density at radius 1 is 0.789 bits per heavy atom. The number of hydrogen-bond donors (Lipinski definition) is 0. The summed E-state index contributed by atoms with van der Waals surface area (Å²) >= 11 is 0. The van der Waals surface area contributed by atoms with E-state index >= 15 is 0 Å². The Balaban J connectivity index is 0.000000261. The van der Waals surface area contributed by atoms with Gasteiger partial charge in [0.25, 0.3) is 0 Å². The predicted molar refractivity (Wildman–Crippen MR) is 73.7 cm³/mol. The minimum Gasteiger partial charge on any atom is -0.724 e. The Labute approximate surface area is 110 Å². The molecule has 0 N–H and O–H groups in total. The minimum absolute atomic E-state index is 0.500. The first-order valence-electron chi connectivity index (χ1n) is 5.43. The van der Waals surface area contributed by atoms with E-state index in [-0.39, 0.29) is 0 Å². The zero-order valence-corrected chi connectivity index (χ0v) is 10.3. The highest BCUT2D eigenvalue weighted by atomic mass is 16.1. The Bertz CT molecular complexity index is 639. The van der Waals surface area contributed by atoms with Crippen molar-refractivity contribution in [3.63, 3.8) is 0 Å². The van der Waals surface area contributed by atoms with Crippen molar-refractivity contribution in [1.82, 2.24) is 0 Å². The molecule has 94 valence electrons. The molecule has 4 heteroatoms. The fraction of sp³-hybridized carbons (Fsp3) is 0.0667. The molecule has 1 aliphatic rings. The van der Waals surface area contributed by atoms with Gasteiger partial charge in [0.05, 0.1) is 0 Å². The van der Waals surface area contributed by atoms with Gasteiger partial charge in [-0.15, -0.1) is 0 Å². The molecule has 2 aromatic carbocycles. The van der Waals surface area contributed by atoms with Crippen LogP contribution in [0.4, 0.5) is 0 Å². The monoisotopic (exact) mass is 250 g/mol. The smallest absolute Gasteiger partial charge is 0.00697 e. The summed E-state index contributed by atoms with van der Waals surface area (Å²) < 4.78 is 0. The van der Waals surface area contributed by atoms with Crippen LogP contribution in [0.2, 0.25) is 0 Å². The molecular weight excluding hydrogens is 240 g/mol. The van der Waals surface area contributed by atoms with Gasteiger partial charge in [-0.1, -0.05) is 42.5 Å². The summed E-state index contributed by atoms with van der Waals surface area (Å²) in [6.45, 7) is 2.18. The van der Waals surface area contributed by atoms with Crippen LogP contribution in [0.1, 0.15) is 5.56 Å². The lowest BCUT2D eigenvalue weighted by molar-refractivity contribution is 0.568. The maximum atomic E-state index is 8.24. The van der Waals surface area contributed by atoms with Gasteiger partial charge in [-0.3, -0.25) is 9.59 Å². The number of isocyanates is 2. The lowest BCUT2D eigenvalue weighted by Crippen LogP contribution is -1.99. The average Bonchev–Trinajstić information content (AvgIpc) is 2.37. The number of hydrogen-bond acceptors (Lipinski definition) is 2. The number of nitrogens with zero attached hydrogens (tertiary/aromatic N) is 2. The van der Waals surface area contributed by atoms with Crippen molar-refractivity contribution in [2.75, 3.05) is 0 Å². The van der Waals surface area contributed by atoms with E-state index in [1.807, 2.05) is 0 Å². The lowest BCUT2D eigenvalue weighted by Gasteiger charge is -2.25. The van der Waals surface area contributed by atoms with Crippen LogP contribution in [0.25, 0.3) is 33.1 Å². The fourth-order valence-corrected chi connectivity index (χ4v) is 2.12. The number of fused-ring (bicyclic) bond motifs is 4. The maximum absolute atomic E-state index is 8.24. The van der Waals surface area contributed by atoms with Crippen molar-refractivity contribution in [3.05, 3.63) is 58.8 Å². The van der Waals surface area contributed by atoms with Crippen LogP contribution >= 0.6 is 0 Å². The topological polar surface area (TPSA) is 78.7 Å². The molecule has 0 bridgehead atoms. The predicted octanol–water partition coefficient (Wildman–Crippen LogP) is 3.43. The van der Waals surface area contributed by atoms with E-state index in [1.54, 1.807) is 0 Å². The van der Waals surface area contributed by atoms with E-state index in [9.17, 15) is 0 Å². The fourth-order valence-electron chi connectivity index (χ4n) is 2.12. The summed E-state index contributed by atoms with van der Waals surface area (Å²) in [6, 6.07) is 15.1. The SMILES string of the molecule is Cc1cccc2c1-c1ccccc1-2.[N-]=C=O.[N-]=C=O. The van der Waals surface area contributed by atoms with E-state index in [1.165, 1.54) is 27.8 Å². The van der Waals surface area contributed by atoms with Gasteiger partial charge in [-0.05, 0) is 46.9 Å². The zero-order chi connectivity index (χ0) is 14.3. The first kappa shape index (κ1) is 14.3. The molecule has 19 heavy (non-hydrogen) atoms. The van der Waals surface area contributed by atoms with E-state index < -0.39 is 0 Å². The minimum atomic E-state index is 0.500. The van der Waals surface area contributed by atoms with Crippen molar-refractivity contribution in [1.29, 1.82) is 0 Å². The number of rotatable bonds is 0. The van der Waals surface area contributed by atoms with Crippen molar-refractivity contribution < 1.29 is 9.59 Å². The molecule has 1 aliphatic carbocycles. The van der Waals surface area contributed by atoms with Gasteiger partial charge in [0, 0.05) is 0 Å². The third-order valence-corrected chi connectivity index (χ3v) is 2.76. The second-order valence-corrected chi connectivity index (χ2v) is 3.73. The molecule has 0 atom stereocenters. The molecule has 2 aromatic rings. The summed E-state index contributed by atoms with van der Waals surface area (Å²) in [4.78, 5) is 16.5. The molecule has 0 saturated carbocycles. The summed E-state index contributed by atoms with van der Waals surface area (Å²) in [6.07, 6.45) is 1.00. The van der Waals surface area contributed by atoms with Crippen LogP contribution in [0.15, 0.2) is 42.5 Å². The van der Waals surface area contributed by atoms with Crippen LogP contribution in [0.5, 0.6) is 0 Å².